The van der Waals surface area contributed by atoms with Crippen LogP contribution < -0.4 is 0 Å². The van der Waals surface area contributed by atoms with Gasteiger partial charge in [-0.1, -0.05) is 18.2 Å². The highest BCUT2D eigenvalue weighted by Gasteiger charge is 2.39. The highest BCUT2D eigenvalue weighted by Crippen LogP contribution is 2.26. The predicted molar refractivity (Wildman–Crippen MR) is 52.1 cm³/mol. The van der Waals surface area contributed by atoms with Gasteiger partial charge in [-0.25, -0.2) is 0 Å². The summed E-state index contributed by atoms with van der Waals surface area (Å²) < 4.78 is 36.9. The molecule has 2 nitrogen and oxygen atoms in total. The van der Waals surface area contributed by atoms with Gasteiger partial charge in [-0.2, -0.15) is 13.2 Å². The number of fused-ring (bicyclic) bond motifs is 1. The molecule has 1 heterocycles. The van der Waals surface area contributed by atoms with E-state index in [2.05, 4.69) is 4.98 Å². The summed E-state index contributed by atoms with van der Waals surface area (Å²) in [7, 11) is 0. The summed E-state index contributed by atoms with van der Waals surface area (Å²) >= 11 is 0. The Labute approximate surface area is 88.7 Å². The van der Waals surface area contributed by atoms with Gasteiger partial charge in [-0.3, -0.25) is 9.78 Å². The molecular formula is C11H6F3NO. The summed E-state index contributed by atoms with van der Waals surface area (Å²) in [6, 6.07) is 5.76. The minimum Gasteiger partial charge on any atom is -0.284 e. The summed E-state index contributed by atoms with van der Waals surface area (Å²) in [5.41, 5.74) is -0.363. The van der Waals surface area contributed by atoms with E-state index in [4.69, 9.17) is 0 Å². The van der Waals surface area contributed by atoms with Gasteiger partial charge >= 0.3 is 6.18 Å². The third-order valence-electron chi connectivity index (χ3n) is 2.19. The van der Waals surface area contributed by atoms with Gasteiger partial charge in [0.2, 0.25) is 0 Å². The van der Waals surface area contributed by atoms with Crippen molar-refractivity contribution in [2.45, 2.75) is 6.18 Å². The number of carbonyl (C=O) groups is 1. The molecule has 2 aromatic rings. The first kappa shape index (κ1) is 10.6. The Morgan fingerprint density at radius 2 is 1.94 bits per heavy atom. The molecule has 0 aliphatic carbocycles. The van der Waals surface area contributed by atoms with E-state index in [0.29, 0.717) is 5.39 Å². The van der Waals surface area contributed by atoms with Crippen molar-refractivity contribution in [2.75, 3.05) is 0 Å². The van der Waals surface area contributed by atoms with Crippen LogP contribution in [-0.2, 0) is 0 Å². The van der Waals surface area contributed by atoms with Gasteiger partial charge in [0.25, 0.3) is 5.78 Å². The van der Waals surface area contributed by atoms with Gasteiger partial charge in [-0.05, 0) is 11.5 Å². The molecular weight excluding hydrogens is 219 g/mol. The average molecular weight is 225 g/mol. The predicted octanol–water partition coefficient (Wildman–Crippen LogP) is 2.98. The van der Waals surface area contributed by atoms with E-state index in [9.17, 15) is 18.0 Å². The number of alkyl halides is 3. The van der Waals surface area contributed by atoms with Crippen molar-refractivity contribution in [1.29, 1.82) is 0 Å². The maximum Gasteiger partial charge on any atom is 0.454 e. The molecule has 5 heteroatoms. The third-order valence-corrected chi connectivity index (χ3v) is 2.19. The first-order chi connectivity index (χ1) is 7.50. The van der Waals surface area contributed by atoms with Crippen molar-refractivity contribution >= 4 is 16.6 Å². The second kappa shape index (κ2) is 3.59. The van der Waals surface area contributed by atoms with Crippen LogP contribution in [0, 0.1) is 0 Å². The minimum absolute atomic E-state index is 0.215. The quantitative estimate of drug-likeness (QED) is 0.698. The number of hydrogen-bond donors (Lipinski definition) is 0. The van der Waals surface area contributed by atoms with Gasteiger partial charge in [0, 0.05) is 23.3 Å². The van der Waals surface area contributed by atoms with Crippen LogP contribution in [0.25, 0.3) is 10.8 Å². The monoisotopic (exact) mass is 225 g/mol. The number of benzene rings is 1. The Bertz CT molecular complexity index is 543. The molecule has 0 N–H and O–H groups in total. The molecule has 1 aromatic carbocycles. The maximum atomic E-state index is 12.3. The van der Waals surface area contributed by atoms with Crippen molar-refractivity contribution < 1.29 is 18.0 Å². The summed E-state index contributed by atoms with van der Waals surface area (Å²) in [6.45, 7) is 0. The van der Waals surface area contributed by atoms with Crippen LogP contribution in [0.15, 0.2) is 36.7 Å². The van der Waals surface area contributed by atoms with Crippen LogP contribution >= 0.6 is 0 Å². The molecule has 0 unspecified atom stereocenters. The topological polar surface area (TPSA) is 30.0 Å². The highest BCUT2D eigenvalue weighted by atomic mass is 19.4. The molecule has 0 bridgehead atoms. The van der Waals surface area contributed by atoms with Crippen molar-refractivity contribution in [3.05, 3.63) is 42.2 Å². The van der Waals surface area contributed by atoms with Gasteiger partial charge < -0.3 is 0 Å². The number of rotatable bonds is 1. The first-order valence-corrected chi connectivity index (χ1v) is 4.44. The molecule has 1 aromatic heterocycles. The molecule has 82 valence electrons. The van der Waals surface area contributed by atoms with Crippen molar-refractivity contribution in [1.82, 2.24) is 4.98 Å². The summed E-state index contributed by atoms with van der Waals surface area (Å²) in [4.78, 5) is 14.8. The molecule has 0 atom stereocenters. The van der Waals surface area contributed by atoms with Crippen LogP contribution in [0.3, 0.4) is 0 Å². The number of ketones is 1. The Hall–Kier alpha value is -1.91. The zero-order valence-electron chi connectivity index (χ0n) is 7.95. The number of pyridine rings is 1. The maximum absolute atomic E-state index is 12.3. The Balaban J connectivity index is 2.66. The normalized spacial score (nSPS) is 11.7. The highest BCUT2D eigenvalue weighted by molar-refractivity contribution is 6.10. The molecule has 0 saturated heterocycles. The zero-order valence-corrected chi connectivity index (χ0v) is 7.95. The van der Waals surface area contributed by atoms with Crippen LogP contribution in [-0.4, -0.2) is 16.9 Å². The van der Waals surface area contributed by atoms with E-state index in [-0.39, 0.29) is 10.9 Å². The second-order valence-corrected chi connectivity index (χ2v) is 3.23. The van der Waals surface area contributed by atoms with Crippen molar-refractivity contribution in [3.63, 3.8) is 0 Å². The van der Waals surface area contributed by atoms with E-state index in [1.807, 2.05) is 0 Å². The summed E-state index contributed by atoms with van der Waals surface area (Å²) in [6.07, 6.45) is -2.14. The van der Waals surface area contributed by atoms with E-state index in [1.54, 1.807) is 12.1 Å². The van der Waals surface area contributed by atoms with Crippen molar-refractivity contribution in [2.24, 2.45) is 0 Å². The van der Waals surface area contributed by atoms with Crippen LogP contribution in [0.4, 0.5) is 13.2 Å². The SMILES string of the molecule is O=C(c1cccc2ccncc12)C(F)(F)F. The fourth-order valence-electron chi connectivity index (χ4n) is 1.46. The fourth-order valence-corrected chi connectivity index (χ4v) is 1.46. The lowest BCUT2D eigenvalue weighted by molar-refractivity contribution is -0.0884. The number of carbonyl (C=O) groups excluding carboxylic acids is 1. The third kappa shape index (κ3) is 1.76. The number of hydrogen-bond acceptors (Lipinski definition) is 2. The summed E-state index contributed by atoms with van der Waals surface area (Å²) in [5.74, 6) is -1.84. The lowest BCUT2D eigenvalue weighted by Crippen LogP contribution is -2.22. The molecule has 0 fully saturated rings. The standard InChI is InChI=1S/C11H6F3NO/c12-11(13,14)10(16)8-3-1-2-7-4-5-15-6-9(7)8/h1-6H. The number of aromatic nitrogens is 1. The smallest absolute Gasteiger partial charge is 0.284 e. The van der Waals surface area contributed by atoms with E-state index in [1.165, 1.54) is 18.5 Å². The number of Topliss-reactive ketones (excluding diaryl/α,β-unsaturated/α-hetero) is 1. The molecule has 2 rings (SSSR count). The lowest BCUT2D eigenvalue weighted by Gasteiger charge is -2.07. The van der Waals surface area contributed by atoms with E-state index >= 15 is 0 Å². The number of nitrogens with zero attached hydrogens (tertiary/aromatic N) is 1. The van der Waals surface area contributed by atoms with Crippen molar-refractivity contribution in [3.8, 4) is 0 Å². The number of halogens is 3. The molecule has 0 radical (unpaired) electrons. The molecule has 16 heavy (non-hydrogen) atoms. The Morgan fingerprint density at radius 3 is 2.62 bits per heavy atom. The van der Waals surface area contributed by atoms with E-state index < -0.39 is 12.0 Å². The second-order valence-electron chi connectivity index (χ2n) is 3.23. The molecule has 0 aliphatic rings. The first-order valence-electron chi connectivity index (χ1n) is 4.44. The largest absolute Gasteiger partial charge is 0.454 e. The minimum atomic E-state index is -4.86. The Morgan fingerprint density at radius 1 is 1.19 bits per heavy atom. The fraction of sp³-hybridized carbons (Fsp3) is 0.0909. The van der Waals surface area contributed by atoms with Gasteiger partial charge in [0.15, 0.2) is 0 Å². The molecule has 0 saturated carbocycles. The van der Waals surface area contributed by atoms with Crippen LogP contribution in [0.5, 0.6) is 0 Å². The van der Waals surface area contributed by atoms with Crippen LogP contribution in [0.1, 0.15) is 10.4 Å². The zero-order chi connectivity index (χ0) is 11.8. The lowest BCUT2D eigenvalue weighted by atomic mass is 10.0. The van der Waals surface area contributed by atoms with Crippen LogP contribution in [0.2, 0.25) is 0 Å². The molecule has 0 amide bonds. The van der Waals surface area contributed by atoms with E-state index in [0.717, 1.165) is 6.07 Å². The van der Waals surface area contributed by atoms with Gasteiger partial charge in [0.05, 0.1) is 0 Å². The average Bonchev–Trinajstić information content (AvgIpc) is 2.26. The molecule has 0 spiro atoms. The Kier molecular flexibility index (Phi) is 2.38. The van der Waals surface area contributed by atoms with Gasteiger partial charge in [-0.15, -0.1) is 0 Å². The summed E-state index contributed by atoms with van der Waals surface area (Å²) in [5, 5.41) is 0.775. The molecule has 0 aliphatic heterocycles. The van der Waals surface area contributed by atoms with Gasteiger partial charge in [0.1, 0.15) is 0 Å².